The Bertz CT molecular complexity index is 413. The second-order valence-electron chi connectivity index (χ2n) is 5.66. The number of ether oxygens (including phenoxy) is 1. The highest BCUT2D eigenvalue weighted by Crippen LogP contribution is 2.35. The van der Waals surface area contributed by atoms with Crippen molar-refractivity contribution in [2.24, 2.45) is 5.41 Å². The van der Waals surface area contributed by atoms with Gasteiger partial charge in [-0.3, -0.25) is 0 Å². The van der Waals surface area contributed by atoms with Crippen LogP contribution in [-0.2, 0) is 11.2 Å². The molecule has 1 heterocycles. The van der Waals surface area contributed by atoms with Crippen LogP contribution in [0, 0.1) is 12.3 Å². The van der Waals surface area contributed by atoms with E-state index in [1.807, 2.05) is 0 Å². The van der Waals surface area contributed by atoms with Gasteiger partial charge < -0.3 is 10.1 Å². The Morgan fingerprint density at radius 1 is 1.32 bits per heavy atom. The molecule has 1 aliphatic rings. The van der Waals surface area contributed by atoms with Crippen LogP contribution in [0.1, 0.15) is 30.9 Å². The molecule has 0 unspecified atom stereocenters. The van der Waals surface area contributed by atoms with Gasteiger partial charge in [0.15, 0.2) is 0 Å². The lowest BCUT2D eigenvalue weighted by atomic mass is 9.75. The van der Waals surface area contributed by atoms with Gasteiger partial charge in [-0.1, -0.05) is 30.7 Å². The van der Waals surface area contributed by atoms with Gasteiger partial charge in [0.2, 0.25) is 0 Å². The first-order chi connectivity index (χ1) is 9.15. The third kappa shape index (κ3) is 3.95. The molecule has 19 heavy (non-hydrogen) atoms. The smallest absolute Gasteiger partial charge is 0.0471 e. The molecule has 0 aliphatic carbocycles. The van der Waals surface area contributed by atoms with E-state index < -0.39 is 0 Å². The molecule has 0 spiro atoms. The van der Waals surface area contributed by atoms with E-state index in [1.54, 1.807) is 0 Å². The molecule has 1 aliphatic heterocycles. The van der Waals surface area contributed by atoms with Crippen LogP contribution in [0.3, 0.4) is 0 Å². The van der Waals surface area contributed by atoms with Crippen LogP contribution < -0.4 is 5.32 Å². The lowest BCUT2D eigenvalue weighted by Crippen LogP contribution is -2.40. The monoisotopic (exact) mass is 281 g/mol. The van der Waals surface area contributed by atoms with Crippen molar-refractivity contribution in [3.63, 3.8) is 0 Å². The minimum Gasteiger partial charge on any atom is -0.381 e. The standard InChI is InChI=1S/C16H24ClNO/c1-3-18-12-16(6-8-19-9-7-16)11-14-5-4-13(2)10-15(14)17/h4-5,10,18H,3,6-9,11-12H2,1-2H3. The summed E-state index contributed by atoms with van der Waals surface area (Å²) < 4.78 is 5.53. The van der Waals surface area contributed by atoms with Gasteiger partial charge in [0, 0.05) is 24.8 Å². The van der Waals surface area contributed by atoms with E-state index >= 15 is 0 Å². The molecule has 2 nitrogen and oxygen atoms in total. The van der Waals surface area contributed by atoms with Crippen LogP contribution in [0.2, 0.25) is 5.02 Å². The lowest BCUT2D eigenvalue weighted by Gasteiger charge is -2.38. The average Bonchev–Trinajstić information content (AvgIpc) is 2.41. The van der Waals surface area contributed by atoms with Crippen molar-refractivity contribution in [3.8, 4) is 0 Å². The summed E-state index contributed by atoms with van der Waals surface area (Å²) in [5.41, 5.74) is 2.79. The highest BCUT2D eigenvalue weighted by atomic mass is 35.5. The first-order valence-corrected chi connectivity index (χ1v) is 7.56. The van der Waals surface area contributed by atoms with Crippen LogP contribution in [0.15, 0.2) is 18.2 Å². The van der Waals surface area contributed by atoms with Crippen LogP contribution in [0.4, 0.5) is 0 Å². The van der Waals surface area contributed by atoms with E-state index in [2.05, 4.69) is 37.4 Å². The van der Waals surface area contributed by atoms with Gasteiger partial charge in [0.1, 0.15) is 0 Å². The lowest BCUT2D eigenvalue weighted by molar-refractivity contribution is 0.0152. The number of hydrogen-bond acceptors (Lipinski definition) is 2. The van der Waals surface area contributed by atoms with Crippen LogP contribution in [0.5, 0.6) is 0 Å². The Morgan fingerprint density at radius 3 is 2.68 bits per heavy atom. The zero-order valence-electron chi connectivity index (χ0n) is 12.0. The maximum absolute atomic E-state index is 6.39. The van der Waals surface area contributed by atoms with Crippen molar-refractivity contribution in [1.29, 1.82) is 0 Å². The normalized spacial score (nSPS) is 18.5. The average molecular weight is 282 g/mol. The second kappa shape index (κ2) is 6.74. The molecule has 1 N–H and O–H groups in total. The fourth-order valence-corrected chi connectivity index (χ4v) is 3.11. The fraction of sp³-hybridized carbons (Fsp3) is 0.625. The number of rotatable bonds is 5. The van der Waals surface area contributed by atoms with Gasteiger partial charge >= 0.3 is 0 Å². The molecule has 1 fully saturated rings. The minimum absolute atomic E-state index is 0.299. The molecule has 3 heteroatoms. The van der Waals surface area contributed by atoms with Crippen molar-refractivity contribution in [3.05, 3.63) is 34.3 Å². The third-order valence-corrected chi connectivity index (χ3v) is 4.43. The minimum atomic E-state index is 0.299. The van der Waals surface area contributed by atoms with Crippen molar-refractivity contribution >= 4 is 11.6 Å². The van der Waals surface area contributed by atoms with E-state index in [-0.39, 0.29) is 0 Å². The van der Waals surface area contributed by atoms with E-state index in [0.717, 1.165) is 50.6 Å². The number of aryl methyl sites for hydroxylation is 1. The molecule has 0 amide bonds. The second-order valence-corrected chi connectivity index (χ2v) is 6.07. The summed E-state index contributed by atoms with van der Waals surface area (Å²) in [5.74, 6) is 0. The van der Waals surface area contributed by atoms with Gasteiger partial charge in [-0.05, 0) is 55.3 Å². The molecule has 1 saturated heterocycles. The van der Waals surface area contributed by atoms with Gasteiger partial charge in [-0.2, -0.15) is 0 Å². The molecule has 0 atom stereocenters. The van der Waals surface area contributed by atoms with E-state index in [4.69, 9.17) is 16.3 Å². The van der Waals surface area contributed by atoms with Gasteiger partial charge in [0.05, 0.1) is 0 Å². The van der Waals surface area contributed by atoms with Gasteiger partial charge in [-0.15, -0.1) is 0 Å². The van der Waals surface area contributed by atoms with Crippen LogP contribution in [-0.4, -0.2) is 26.3 Å². The Balaban J connectivity index is 2.14. The summed E-state index contributed by atoms with van der Waals surface area (Å²) in [6.07, 6.45) is 3.27. The summed E-state index contributed by atoms with van der Waals surface area (Å²) in [6, 6.07) is 6.40. The predicted molar refractivity (Wildman–Crippen MR) is 80.9 cm³/mol. The zero-order valence-corrected chi connectivity index (χ0v) is 12.7. The third-order valence-electron chi connectivity index (χ3n) is 4.08. The fourth-order valence-electron chi connectivity index (χ4n) is 2.81. The maximum atomic E-state index is 6.39. The molecule has 1 aromatic carbocycles. The Labute approximate surface area is 121 Å². The summed E-state index contributed by atoms with van der Waals surface area (Å²) in [7, 11) is 0. The molecule has 0 saturated carbocycles. The molecule has 0 aromatic heterocycles. The topological polar surface area (TPSA) is 21.3 Å². The van der Waals surface area contributed by atoms with Crippen LogP contribution >= 0.6 is 11.6 Å². The van der Waals surface area contributed by atoms with Gasteiger partial charge in [0.25, 0.3) is 0 Å². The SMILES string of the molecule is CCNCC1(Cc2ccc(C)cc2Cl)CCOCC1. The van der Waals surface area contributed by atoms with Crippen molar-refractivity contribution < 1.29 is 4.74 Å². The first-order valence-electron chi connectivity index (χ1n) is 7.19. The number of halogens is 1. The molecule has 2 rings (SSSR count). The van der Waals surface area contributed by atoms with E-state index in [9.17, 15) is 0 Å². The first kappa shape index (κ1) is 14.8. The molecule has 1 aromatic rings. The summed E-state index contributed by atoms with van der Waals surface area (Å²) >= 11 is 6.39. The quantitative estimate of drug-likeness (QED) is 0.890. The van der Waals surface area contributed by atoms with Crippen molar-refractivity contribution in [1.82, 2.24) is 5.32 Å². The van der Waals surface area contributed by atoms with E-state index in [1.165, 1.54) is 11.1 Å². The van der Waals surface area contributed by atoms with Crippen molar-refractivity contribution in [2.75, 3.05) is 26.3 Å². The summed E-state index contributed by atoms with van der Waals surface area (Å²) in [4.78, 5) is 0. The predicted octanol–water partition coefficient (Wildman–Crippen LogP) is 3.60. The molecular weight excluding hydrogens is 258 g/mol. The highest BCUT2D eigenvalue weighted by molar-refractivity contribution is 6.31. The number of benzene rings is 1. The Kier molecular flexibility index (Phi) is 5.26. The highest BCUT2D eigenvalue weighted by Gasteiger charge is 2.32. The number of nitrogens with one attached hydrogen (secondary N) is 1. The zero-order chi connectivity index (χ0) is 13.7. The Morgan fingerprint density at radius 2 is 2.05 bits per heavy atom. The largest absolute Gasteiger partial charge is 0.381 e. The molecular formula is C16H24ClNO. The molecule has 106 valence electrons. The summed E-state index contributed by atoms with van der Waals surface area (Å²) in [5, 5.41) is 4.42. The van der Waals surface area contributed by atoms with Crippen molar-refractivity contribution in [2.45, 2.75) is 33.1 Å². The molecule has 0 radical (unpaired) electrons. The Hall–Kier alpha value is -0.570. The van der Waals surface area contributed by atoms with Gasteiger partial charge in [-0.25, -0.2) is 0 Å². The van der Waals surface area contributed by atoms with Crippen LogP contribution in [0.25, 0.3) is 0 Å². The maximum Gasteiger partial charge on any atom is 0.0471 e. The summed E-state index contributed by atoms with van der Waals surface area (Å²) in [6.45, 7) is 8.05. The van der Waals surface area contributed by atoms with E-state index in [0.29, 0.717) is 5.41 Å². The molecule has 0 bridgehead atoms. The number of hydrogen-bond donors (Lipinski definition) is 1.